The molecular formula is C23H19N3O5S. The highest BCUT2D eigenvalue weighted by atomic mass is 32.1. The van der Waals surface area contributed by atoms with Gasteiger partial charge in [-0.15, -0.1) is 0 Å². The molecule has 1 aliphatic rings. The highest BCUT2D eigenvalue weighted by Gasteiger charge is 2.31. The second kappa shape index (κ2) is 8.72. The Kier molecular flexibility index (Phi) is 5.83. The molecule has 3 aromatic rings. The number of thiazole rings is 1. The lowest BCUT2D eigenvalue weighted by Crippen LogP contribution is -2.35. The van der Waals surface area contributed by atoms with Crippen molar-refractivity contribution in [2.75, 3.05) is 6.61 Å². The van der Waals surface area contributed by atoms with Crippen LogP contribution >= 0.6 is 11.3 Å². The van der Waals surface area contributed by atoms with Crippen molar-refractivity contribution in [2.24, 2.45) is 4.99 Å². The van der Waals surface area contributed by atoms with Gasteiger partial charge in [-0.1, -0.05) is 53.8 Å². The molecule has 1 atom stereocenters. The average Bonchev–Trinajstić information content (AvgIpc) is 3.09. The molecule has 9 heteroatoms. The van der Waals surface area contributed by atoms with Crippen LogP contribution in [0, 0.1) is 10.1 Å². The summed E-state index contributed by atoms with van der Waals surface area (Å²) < 4.78 is 7.02. The number of nitro groups is 1. The van der Waals surface area contributed by atoms with E-state index in [2.05, 4.69) is 0 Å². The van der Waals surface area contributed by atoms with Crippen LogP contribution in [0.1, 0.15) is 31.0 Å². The summed E-state index contributed by atoms with van der Waals surface area (Å²) in [6.45, 7) is 3.62. The van der Waals surface area contributed by atoms with E-state index >= 15 is 0 Å². The standard InChI is InChI=1S/C23H19N3O5S/c1-3-31-22(28)19-14(2)25-21(27)18(13-15-8-7-11-17(12-15)26(29)30)32-23(25)24-20(19)16-9-5-4-6-10-16/h4-13,20H,3H2,1-2H3/b18-13-/t20-/m0/s1. The normalized spacial score (nSPS) is 15.8. The number of ether oxygens (including phenoxy) is 1. The molecule has 2 heterocycles. The van der Waals surface area contributed by atoms with E-state index in [4.69, 9.17) is 9.73 Å². The summed E-state index contributed by atoms with van der Waals surface area (Å²) in [4.78, 5) is 41.7. The second-order valence-electron chi connectivity index (χ2n) is 7.05. The molecule has 0 unspecified atom stereocenters. The van der Waals surface area contributed by atoms with Crippen LogP contribution in [0.4, 0.5) is 5.69 Å². The van der Waals surface area contributed by atoms with Crippen LogP contribution in [-0.2, 0) is 9.53 Å². The zero-order valence-electron chi connectivity index (χ0n) is 17.3. The second-order valence-corrected chi connectivity index (χ2v) is 8.06. The van der Waals surface area contributed by atoms with E-state index in [1.807, 2.05) is 30.3 Å². The summed E-state index contributed by atoms with van der Waals surface area (Å²) in [7, 11) is 0. The van der Waals surface area contributed by atoms with Gasteiger partial charge in [-0.2, -0.15) is 0 Å². The molecule has 0 spiro atoms. The largest absolute Gasteiger partial charge is 0.463 e. The van der Waals surface area contributed by atoms with E-state index in [0.717, 1.165) is 5.56 Å². The fourth-order valence-electron chi connectivity index (χ4n) is 3.57. The Morgan fingerprint density at radius 3 is 2.69 bits per heavy atom. The first-order chi connectivity index (χ1) is 15.4. The van der Waals surface area contributed by atoms with Crippen LogP contribution in [0.25, 0.3) is 11.8 Å². The number of carbonyl (C=O) groups excluding carboxylic acids is 1. The SMILES string of the molecule is CCOC(=O)C1=C(C)n2c(s/c(=C\c3cccc([N+](=O)[O-])c3)c2=O)=N[C@H]1c1ccccc1. The molecule has 0 radical (unpaired) electrons. The van der Waals surface area contributed by atoms with E-state index in [1.165, 1.54) is 28.0 Å². The predicted octanol–water partition coefficient (Wildman–Crippen LogP) is 2.82. The van der Waals surface area contributed by atoms with Crippen LogP contribution in [0.3, 0.4) is 0 Å². The molecule has 0 saturated carbocycles. The Balaban J connectivity index is 1.93. The summed E-state index contributed by atoms with van der Waals surface area (Å²) in [5.74, 6) is -0.518. The molecule has 0 saturated heterocycles. The van der Waals surface area contributed by atoms with Crippen LogP contribution in [0.15, 0.2) is 70.0 Å². The minimum Gasteiger partial charge on any atom is -0.463 e. The van der Waals surface area contributed by atoms with Crippen molar-refractivity contribution in [2.45, 2.75) is 19.9 Å². The number of rotatable bonds is 5. The maximum Gasteiger partial charge on any atom is 0.338 e. The Labute approximate surface area is 186 Å². The zero-order chi connectivity index (χ0) is 22.8. The summed E-state index contributed by atoms with van der Waals surface area (Å²) in [5.41, 5.74) is 1.71. The molecule has 0 bridgehead atoms. The number of hydrogen-bond donors (Lipinski definition) is 0. The number of aromatic nitrogens is 1. The number of allylic oxidation sites excluding steroid dienone is 1. The van der Waals surface area contributed by atoms with Crippen molar-refractivity contribution < 1.29 is 14.5 Å². The number of esters is 1. The lowest BCUT2D eigenvalue weighted by Gasteiger charge is -2.22. The van der Waals surface area contributed by atoms with Gasteiger partial charge < -0.3 is 4.74 Å². The van der Waals surface area contributed by atoms with Gasteiger partial charge in [0.25, 0.3) is 11.2 Å². The van der Waals surface area contributed by atoms with Crippen LogP contribution < -0.4 is 14.9 Å². The summed E-state index contributed by atoms with van der Waals surface area (Å²) in [6.07, 6.45) is 1.59. The molecule has 32 heavy (non-hydrogen) atoms. The Bertz CT molecular complexity index is 1420. The molecule has 0 fully saturated rings. The molecule has 8 nitrogen and oxygen atoms in total. The van der Waals surface area contributed by atoms with Crippen molar-refractivity contribution >= 4 is 34.8 Å². The van der Waals surface area contributed by atoms with Crippen molar-refractivity contribution in [1.82, 2.24) is 4.57 Å². The Morgan fingerprint density at radius 1 is 1.25 bits per heavy atom. The highest BCUT2D eigenvalue weighted by Crippen LogP contribution is 2.32. The van der Waals surface area contributed by atoms with E-state index < -0.39 is 16.9 Å². The lowest BCUT2D eigenvalue weighted by atomic mass is 9.97. The molecule has 0 N–H and O–H groups in total. The van der Waals surface area contributed by atoms with Crippen molar-refractivity contribution in [1.29, 1.82) is 0 Å². The first-order valence-corrected chi connectivity index (χ1v) is 10.7. The summed E-state index contributed by atoms with van der Waals surface area (Å²) in [5, 5.41) is 11.1. The van der Waals surface area contributed by atoms with Gasteiger partial charge in [-0.25, -0.2) is 9.79 Å². The fourth-order valence-corrected chi connectivity index (χ4v) is 4.61. The third-order valence-electron chi connectivity index (χ3n) is 5.03. The van der Waals surface area contributed by atoms with E-state index in [0.29, 0.717) is 26.2 Å². The molecule has 4 rings (SSSR count). The van der Waals surface area contributed by atoms with Gasteiger partial charge >= 0.3 is 5.97 Å². The molecule has 0 aliphatic carbocycles. The number of non-ortho nitro benzene ring substituents is 1. The van der Waals surface area contributed by atoms with Gasteiger partial charge in [0.2, 0.25) is 0 Å². The van der Waals surface area contributed by atoms with Crippen molar-refractivity contribution in [3.05, 3.63) is 101 Å². The third-order valence-corrected chi connectivity index (χ3v) is 6.02. The Morgan fingerprint density at radius 2 is 2.00 bits per heavy atom. The van der Waals surface area contributed by atoms with Crippen LogP contribution in [-0.4, -0.2) is 22.1 Å². The van der Waals surface area contributed by atoms with E-state index in [-0.39, 0.29) is 17.9 Å². The van der Waals surface area contributed by atoms with Gasteiger partial charge in [0, 0.05) is 17.8 Å². The number of nitrogens with zero attached hydrogens (tertiary/aromatic N) is 3. The van der Waals surface area contributed by atoms with Gasteiger partial charge in [0.05, 0.1) is 21.6 Å². The van der Waals surface area contributed by atoms with E-state index in [9.17, 15) is 19.7 Å². The zero-order valence-corrected chi connectivity index (χ0v) is 18.2. The third kappa shape index (κ3) is 3.90. The van der Waals surface area contributed by atoms with Gasteiger partial charge in [0.1, 0.15) is 6.04 Å². The molecule has 162 valence electrons. The lowest BCUT2D eigenvalue weighted by molar-refractivity contribution is -0.384. The maximum absolute atomic E-state index is 13.2. The van der Waals surface area contributed by atoms with Crippen molar-refractivity contribution in [3.8, 4) is 0 Å². The molecule has 1 aliphatic heterocycles. The monoisotopic (exact) mass is 449 g/mol. The quantitative estimate of drug-likeness (QED) is 0.338. The number of carbonyl (C=O) groups is 1. The molecule has 0 amide bonds. The predicted molar refractivity (Wildman–Crippen MR) is 121 cm³/mol. The molecule has 1 aromatic heterocycles. The number of hydrogen-bond acceptors (Lipinski definition) is 7. The summed E-state index contributed by atoms with van der Waals surface area (Å²) >= 11 is 1.17. The van der Waals surface area contributed by atoms with Gasteiger partial charge in [-0.05, 0) is 31.1 Å². The molecule has 2 aromatic carbocycles. The van der Waals surface area contributed by atoms with Gasteiger partial charge in [-0.3, -0.25) is 19.5 Å². The minimum atomic E-state index is -0.598. The van der Waals surface area contributed by atoms with Crippen LogP contribution in [0.5, 0.6) is 0 Å². The average molecular weight is 449 g/mol. The maximum atomic E-state index is 13.2. The van der Waals surface area contributed by atoms with Crippen molar-refractivity contribution in [3.63, 3.8) is 0 Å². The first-order valence-electron chi connectivity index (χ1n) is 9.89. The first kappa shape index (κ1) is 21.4. The number of nitro benzene ring substituents is 1. The topological polar surface area (TPSA) is 104 Å². The fraction of sp³-hybridized carbons (Fsp3) is 0.174. The Hall–Kier alpha value is -3.85. The minimum absolute atomic E-state index is 0.0605. The van der Waals surface area contributed by atoms with Crippen LogP contribution in [0.2, 0.25) is 0 Å². The smallest absolute Gasteiger partial charge is 0.338 e. The molecular weight excluding hydrogens is 430 g/mol. The number of fused-ring (bicyclic) bond motifs is 1. The van der Waals surface area contributed by atoms with E-state index in [1.54, 1.807) is 32.1 Å². The highest BCUT2D eigenvalue weighted by molar-refractivity contribution is 7.07. The number of benzene rings is 2. The summed E-state index contributed by atoms with van der Waals surface area (Å²) in [6, 6.07) is 14.8. The van der Waals surface area contributed by atoms with Gasteiger partial charge in [0.15, 0.2) is 4.80 Å².